The van der Waals surface area contributed by atoms with Crippen LogP contribution in [0.3, 0.4) is 0 Å². The summed E-state index contributed by atoms with van der Waals surface area (Å²) in [5, 5.41) is 3.01. The van der Waals surface area contributed by atoms with Crippen LogP contribution in [0.1, 0.15) is 18.9 Å². The minimum absolute atomic E-state index is 0.00602. The Labute approximate surface area is 211 Å². The molecule has 1 atom stereocenters. The molecule has 0 unspecified atom stereocenters. The second-order valence-corrected chi connectivity index (χ2v) is 10.1. The van der Waals surface area contributed by atoms with E-state index in [2.05, 4.69) is 5.32 Å². The minimum atomic E-state index is -4.10. The maximum atomic E-state index is 13.7. The fourth-order valence-corrected chi connectivity index (χ4v) is 5.26. The smallest absolute Gasteiger partial charge is 0.264 e. The van der Waals surface area contributed by atoms with Gasteiger partial charge in [0.15, 0.2) is 0 Å². The largest absolute Gasteiger partial charge is 0.357 e. The van der Waals surface area contributed by atoms with Gasteiger partial charge in [0.1, 0.15) is 12.6 Å². The molecular formula is C26H28ClN3O4S. The number of carbonyl (C=O) groups is 2. The number of nitrogens with one attached hydrogen (secondary N) is 1. The molecule has 2 amide bonds. The van der Waals surface area contributed by atoms with E-state index < -0.39 is 28.5 Å². The van der Waals surface area contributed by atoms with Crippen LogP contribution in [0, 0.1) is 0 Å². The van der Waals surface area contributed by atoms with Crippen molar-refractivity contribution in [3.05, 3.63) is 95.5 Å². The zero-order valence-corrected chi connectivity index (χ0v) is 21.2. The van der Waals surface area contributed by atoms with E-state index in [1.165, 1.54) is 36.2 Å². The van der Waals surface area contributed by atoms with Crippen LogP contribution in [0.15, 0.2) is 89.8 Å². The van der Waals surface area contributed by atoms with Crippen LogP contribution in [-0.2, 0) is 26.2 Å². The van der Waals surface area contributed by atoms with Crippen molar-refractivity contribution in [2.24, 2.45) is 0 Å². The summed E-state index contributed by atoms with van der Waals surface area (Å²) < 4.78 is 28.3. The zero-order chi connectivity index (χ0) is 25.4. The summed E-state index contributed by atoms with van der Waals surface area (Å²) in [6.45, 7) is 1.50. The van der Waals surface area contributed by atoms with Gasteiger partial charge < -0.3 is 10.2 Å². The predicted molar refractivity (Wildman–Crippen MR) is 138 cm³/mol. The Morgan fingerprint density at radius 1 is 0.914 bits per heavy atom. The van der Waals surface area contributed by atoms with Crippen LogP contribution in [0.25, 0.3) is 0 Å². The molecule has 0 heterocycles. The molecule has 0 aromatic heterocycles. The first-order valence-electron chi connectivity index (χ1n) is 11.2. The summed E-state index contributed by atoms with van der Waals surface area (Å²) in [6, 6.07) is 22.7. The van der Waals surface area contributed by atoms with Crippen LogP contribution < -0.4 is 9.62 Å². The average molecular weight is 514 g/mol. The molecule has 184 valence electrons. The van der Waals surface area contributed by atoms with E-state index in [4.69, 9.17) is 11.6 Å². The Bertz CT molecular complexity index is 1240. The van der Waals surface area contributed by atoms with Crippen LogP contribution in [0.5, 0.6) is 0 Å². The summed E-state index contributed by atoms with van der Waals surface area (Å²) in [5.41, 5.74) is 1.17. The van der Waals surface area contributed by atoms with Gasteiger partial charge in [-0.1, -0.05) is 67.1 Å². The topological polar surface area (TPSA) is 86.8 Å². The third kappa shape index (κ3) is 6.41. The number of hydrogen-bond donors (Lipinski definition) is 1. The molecule has 3 rings (SSSR count). The van der Waals surface area contributed by atoms with Crippen molar-refractivity contribution in [1.29, 1.82) is 0 Å². The van der Waals surface area contributed by atoms with E-state index in [1.54, 1.807) is 30.3 Å². The maximum Gasteiger partial charge on any atom is 0.264 e. The average Bonchev–Trinajstić information content (AvgIpc) is 2.88. The predicted octanol–water partition coefficient (Wildman–Crippen LogP) is 4.09. The molecule has 0 aliphatic heterocycles. The van der Waals surface area contributed by atoms with Crippen LogP contribution in [-0.4, -0.2) is 44.8 Å². The number of amides is 2. The van der Waals surface area contributed by atoms with Gasteiger partial charge in [0.05, 0.1) is 10.6 Å². The lowest BCUT2D eigenvalue weighted by atomic mass is 10.1. The third-order valence-electron chi connectivity index (χ3n) is 5.55. The van der Waals surface area contributed by atoms with Crippen molar-refractivity contribution in [3.63, 3.8) is 0 Å². The molecule has 0 saturated heterocycles. The van der Waals surface area contributed by atoms with Crippen molar-refractivity contribution >= 4 is 39.1 Å². The Morgan fingerprint density at radius 2 is 1.49 bits per heavy atom. The van der Waals surface area contributed by atoms with Crippen LogP contribution >= 0.6 is 11.6 Å². The first-order chi connectivity index (χ1) is 16.8. The van der Waals surface area contributed by atoms with Crippen LogP contribution in [0.4, 0.5) is 5.69 Å². The molecule has 7 nitrogen and oxygen atoms in total. The lowest BCUT2D eigenvalue weighted by Crippen LogP contribution is -2.51. The molecular weight excluding hydrogens is 486 g/mol. The summed E-state index contributed by atoms with van der Waals surface area (Å²) >= 11 is 5.95. The number of rotatable bonds is 10. The van der Waals surface area contributed by atoms with Gasteiger partial charge in [0, 0.05) is 18.6 Å². The van der Waals surface area contributed by atoms with E-state index in [-0.39, 0.29) is 17.3 Å². The summed E-state index contributed by atoms with van der Waals surface area (Å²) in [6.07, 6.45) is 0.369. The Hall–Kier alpha value is -3.36. The van der Waals surface area contributed by atoms with Gasteiger partial charge in [-0.2, -0.15) is 0 Å². The lowest BCUT2D eigenvalue weighted by Gasteiger charge is -2.33. The van der Waals surface area contributed by atoms with Gasteiger partial charge in [-0.25, -0.2) is 8.42 Å². The first kappa shape index (κ1) is 26.2. The maximum absolute atomic E-state index is 13.7. The highest BCUT2D eigenvalue weighted by Gasteiger charge is 2.33. The summed E-state index contributed by atoms with van der Waals surface area (Å²) in [7, 11) is -2.59. The molecule has 9 heteroatoms. The number of hydrogen-bond acceptors (Lipinski definition) is 4. The number of carbonyl (C=O) groups excluding carboxylic acids is 2. The molecule has 0 bridgehead atoms. The standard InChI is InChI=1S/C26H28ClN3O4S/c1-3-24(26(32)28-2)29(18-20-10-6-4-7-11-20)25(31)19-30(22-12-8-5-9-13-22)35(33,34)23-16-14-21(27)15-17-23/h4-17,24H,3,18-19H2,1-2H3,(H,28,32)/t24-/m0/s1. The second-order valence-electron chi connectivity index (χ2n) is 7.85. The van der Waals surface area contributed by atoms with Crippen molar-refractivity contribution in [3.8, 4) is 0 Å². The molecule has 0 spiro atoms. The molecule has 0 saturated carbocycles. The van der Waals surface area contributed by atoms with Crippen molar-refractivity contribution in [1.82, 2.24) is 10.2 Å². The summed E-state index contributed by atoms with van der Waals surface area (Å²) in [5.74, 6) is -0.811. The van der Waals surface area contributed by atoms with E-state index in [0.29, 0.717) is 17.1 Å². The van der Waals surface area contributed by atoms with Gasteiger partial charge in [0.25, 0.3) is 10.0 Å². The highest BCUT2D eigenvalue weighted by Crippen LogP contribution is 2.25. The third-order valence-corrected chi connectivity index (χ3v) is 7.59. The van der Waals surface area contributed by atoms with Crippen molar-refractivity contribution in [2.75, 3.05) is 17.9 Å². The normalized spacial score (nSPS) is 12.0. The molecule has 0 radical (unpaired) electrons. The Balaban J connectivity index is 2.02. The quantitative estimate of drug-likeness (QED) is 0.442. The Kier molecular flexibility index (Phi) is 8.89. The highest BCUT2D eigenvalue weighted by atomic mass is 35.5. The number of sulfonamides is 1. The number of likely N-dealkylation sites (N-methyl/N-ethyl adjacent to an activating group) is 1. The molecule has 1 N–H and O–H groups in total. The lowest BCUT2D eigenvalue weighted by molar-refractivity contribution is -0.140. The molecule has 0 aliphatic carbocycles. The minimum Gasteiger partial charge on any atom is -0.357 e. The fraction of sp³-hybridized carbons (Fsp3) is 0.231. The van der Waals surface area contributed by atoms with Gasteiger partial charge in [-0.05, 0) is 48.4 Å². The van der Waals surface area contributed by atoms with E-state index in [0.717, 1.165) is 9.87 Å². The highest BCUT2D eigenvalue weighted by molar-refractivity contribution is 7.92. The number of benzene rings is 3. The van der Waals surface area contributed by atoms with E-state index in [1.807, 2.05) is 37.3 Å². The summed E-state index contributed by atoms with van der Waals surface area (Å²) in [4.78, 5) is 27.8. The first-order valence-corrected chi connectivity index (χ1v) is 13.0. The SMILES string of the molecule is CC[C@@H](C(=O)NC)N(Cc1ccccc1)C(=O)CN(c1ccccc1)S(=O)(=O)c1ccc(Cl)cc1. The number of nitrogens with zero attached hydrogens (tertiary/aromatic N) is 2. The molecule has 0 aliphatic rings. The zero-order valence-electron chi connectivity index (χ0n) is 19.6. The van der Waals surface area contributed by atoms with Crippen molar-refractivity contribution < 1.29 is 18.0 Å². The number of para-hydroxylation sites is 1. The Morgan fingerprint density at radius 3 is 2.03 bits per heavy atom. The van der Waals surface area contributed by atoms with Crippen molar-refractivity contribution in [2.45, 2.75) is 30.8 Å². The molecule has 3 aromatic rings. The monoisotopic (exact) mass is 513 g/mol. The van der Waals surface area contributed by atoms with Crippen LogP contribution in [0.2, 0.25) is 5.02 Å². The molecule has 0 fully saturated rings. The second kappa shape index (κ2) is 11.9. The van der Waals surface area contributed by atoms with Gasteiger partial charge in [-0.15, -0.1) is 0 Å². The van der Waals surface area contributed by atoms with E-state index in [9.17, 15) is 18.0 Å². The van der Waals surface area contributed by atoms with Gasteiger partial charge in [-0.3, -0.25) is 13.9 Å². The molecule has 3 aromatic carbocycles. The molecule has 35 heavy (non-hydrogen) atoms. The van der Waals surface area contributed by atoms with Gasteiger partial charge in [0.2, 0.25) is 11.8 Å². The number of halogens is 1. The van der Waals surface area contributed by atoms with Gasteiger partial charge >= 0.3 is 0 Å². The van der Waals surface area contributed by atoms with E-state index >= 15 is 0 Å². The fourth-order valence-electron chi connectivity index (χ4n) is 3.72. The number of anilines is 1.